The van der Waals surface area contributed by atoms with E-state index in [4.69, 9.17) is 13.9 Å². The molecule has 0 aromatic carbocycles. The molecule has 0 N–H and O–H groups in total. The molecule has 122 valence electrons. The summed E-state index contributed by atoms with van der Waals surface area (Å²) in [5.74, 6) is 3.15. The Hall–Kier alpha value is -0.910. The molecule has 2 heterocycles. The number of hydrogen-bond acceptors (Lipinski definition) is 5. The molecule has 0 spiro atoms. The number of morpholine rings is 1. The summed E-state index contributed by atoms with van der Waals surface area (Å²) in [4.78, 5) is 6.99. The summed E-state index contributed by atoms with van der Waals surface area (Å²) >= 11 is 0. The van der Waals surface area contributed by atoms with Crippen molar-refractivity contribution in [2.75, 3.05) is 26.9 Å². The molecule has 2 saturated carbocycles. The molecular formula is C17H26N2O3. The van der Waals surface area contributed by atoms with Gasteiger partial charge < -0.3 is 13.9 Å². The van der Waals surface area contributed by atoms with E-state index in [1.54, 1.807) is 0 Å². The number of rotatable bonds is 5. The second-order valence-electron chi connectivity index (χ2n) is 6.91. The van der Waals surface area contributed by atoms with Crippen LogP contribution in [0, 0.1) is 5.92 Å². The van der Waals surface area contributed by atoms with E-state index in [0.29, 0.717) is 24.0 Å². The van der Waals surface area contributed by atoms with Crippen molar-refractivity contribution >= 4 is 0 Å². The Morgan fingerprint density at radius 3 is 3.05 bits per heavy atom. The molecule has 4 rings (SSSR count). The van der Waals surface area contributed by atoms with Crippen LogP contribution in [0.2, 0.25) is 0 Å². The van der Waals surface area contributed by atoms with Crippen LogP contribution in [0.4, 0.5) is 0 Å². The van der Waals surface area contributed by atoms with E-state index in [1.807, 2.05) is 13.3 Å². The molecule has 1 aromatic rings. The van der Waals surface area contributed by atoms with Crippen molar-refractivity contribution in [2.24, 2.45) is 5.92 Å². The van der Waals surface area contributed by atoms with Crippen molar-refractivity contribution < 1.29 is 13.9 Å². The summed E-state index contributed by atoms with van der Waals surface area (Å²) in [5.41, 5.74) is 0. The van der Waals surface area contributed by atoms with Crippen LogP contribution >= 0.6 is 0 Å². The lowest BCUT2D eigenvalue weighted by atomic mass is 9.94. The predicted molar refractivity (Wildman–Crippen MR) is 81.6 cm³/mol. The lowest BCUT2D eigenvalue weighted by Gasteiger charge is -2.40. The summed E-state index contributed by atoms with van der Waals surface area (Å²) < 4.78 is 17.4. The zero-order valence-corrected chi connectivity index (χ0v) is 13.4. The van der Waals surface area contributed by atoms with E-state index in [2.05, 4.69) is 9.88 Å². The highest BCUT2D eigenvalue weighted by atomic mass is 16.5. The second kappa shape index (κ2) is 6.30. The normalized spacial score (nSPS) is 33.4. The highest BCUT2D eigenvalue weighted by Crippen LogP contribution is 2.40. The zero-order chi connectivity index (χ0) is 14.9. The molecule has 1 saturated heterocycles. The van der Waals surface area contributed by atoms with E-state index < -0.39 is 0 Å². The third-order valence-electron chi connectivity index (χ3n) is 5.47. The van der Waals surface area contributed by atoms with Crippen LogP contribution in [0.3, 0.4) is 0 Å². The van der Waals surface area contributed by atoms with Gasteiger partial charge in [0.15, 0.2) is 0 Å². The van der Waals surface area contributed by atoms with Gasteiger partial charge in [0, 0.05) is 31.5 Å². The molecule has 1 aliphatic heterocycles. The number of nitrogens with zero attached hydrogens (tertiary/aromatic N) is 2. The van der Waals surface area contributed by atoms with Gasteiger partial charge in [-0.25, -0.2) is 4.98 Å². The molecule has 3 unspecified atom stereocenters. The first-order chi connectivity index (χ1) is 10.8. The number of oxazole rings is 1. The van der Waals surface area contributed by atoms with Crippen LogP contribution in [-0.2, 0) is 16.0 Å². The summed E-state index contributed by atoms with van der Waals surface area (Å²) in [6.45, 7) is 3.37. The molecule has 2 aliphatic carbocycles. The van der Waals surface area contributed by atoms with E-state index in [-0.39, 0.29) is 0 Å². The first-order valence-electron chi connectivity index (χ1n) is 8.64. The van der Waals surface area contributed by atoms with Crippen LogP contribution in [0.5, 0.6) is 0 Å². The highest BCUT2D eigenvalue weighted by Gasteiger charge is 2.39. The van der Waals surface area contributed by atoms with Crippen LogP contribution in [-0.4, -0.2) is 48.9 Å². The average molecular weight is 306 g/mol. The topological polar surface area (TPSA) is 47.7 Å². The van der Waals surface area contributed by atoms with Gasteiger partial charge in [0.2, 0.25) is 5.89 Å². The number of methoxy groups -OCH3 is 1. The van der Waals surface area contributed by atoms with Crippen molar-refractivity contribution in [1.82, 2.24) is 9.88 Å². The molecule has 3 fully saturated rings. The van der Waals surface area contributed by atoms with E-state index in [0.717, 1.165) is 38.0 Å². The van der Waals surface area contributed by atoms with Crippen molar-refractivity contribution in [3.63, 3.8) is 0 Å². The molecule has 0 radical (unpaired) electrons. The van der Waals surface area contributed by atoms with Crippen molar-refractivity contribution in [2.45, 2.75) is 56.7 Å². The van der Waals surface area contributed by atoms with Crippen molar-refractivity contribution in [3.8, 4) is 0 Å². The Labute approximate surface area is 132 Å². The molecular weight excluding hydrogens is 280 g/mol. The fourth-order valence-electron chi connectivity index (χ4n) is 4.06. The van der Waals surface area contributed by atoms with Gasteiger partial charge in [-0.15, -0.1) is 0 Å². The van der Waals surface area contributed by atoms with Crippen molar-refractivity contribution in [3.05, 3.63) is 17.8 Å². The van der Waals surface area contributed by atoms with E-state index >= 15 is 0 Å². The third kappa shape index (κ3) is 2.94. The summed E-state index contributed by atoms with van der Waals surface area (Å²) in [6.07, 6.45) is 8.49. The van der Waals surface area contributed by atoms with Crippen LogP contribution in [0.25, 0.3) is 0 Å². The molecule has 22 heavy (non-hydrogen) atoms. The first-order valence-corrected chi connectivity index (χ1v) is 8.64. The van der Waals surface area contributed by atoms with Crippen LogP contribution < -0.4 is 0 Å². The zero-order valence-electron chi connectivity index (χ0n) is 13.4. The lowest BCUT2D eigenvalue weighted by molar-refractivity contribution is -0.0632. The van der Waals surface area contributed by atoms with E-state index in [1.165, 1.54) is 32.1 Å². The molecule has 3 atom stereocenters. The second-order valence-corrected chi connectivity index (χ2v) is 6.91. The maximum atomic E-state index is 5.95. The van der Waals surface area contributed by atoms with Gasteiger partial charge in [-0.05, 0) is 25.7 Å². The Morgan fingerprint density at radius 1 is 1.32 bits per heavy atom. The minimum atomic E-state index is 0.376. The Bertz CT molecular complexity index is 500. The molecule has 5 heteroatoms. The Kier molecular flexibility index (Phi) is 4.20. The minimum absolute atomic E-state index is 0.376. The maximum absolute atomic E-state index is 5.95. The monoisotopic (exact) mass is 306 g/mol. The largest absolute Gasteiger partial charge is 0.444 e. The van der Waals surface area contributed by atoms with E-state index in [9.17, 15) is 0 Å². The van der Waals surface area contributed by atoms with Gasteiger partial charge in [0.25, 0.3) is 0 Å². The Balaban J connectivity index is 1.45. The van der Waals surface area contributed by atoms with Crippen LogP contribution in [0.1, 0.15) is 49.7 Å². The molecule has 0 bridgehead atoms. The van der Waals surface area contributed by atoms with Gasteiger partial charge in [-0.1, -0.05) is 6.42 Å². The minimum Gasteiger partial charge on any atom is -0.444 e. The third-order valence-corrected chi connectivity index (χ3v) is 5.47. The Morgan fingerprint density at radius 2 is 2.23 bits per heavy atom. The molecule has 5 nitrogen and oxygen atoms in total. The summed E-state index contributed by atoms with van der Waals surface area (Å²) in [7, 11) is 1.84. The number of ether oxygens (including phenoxy) is 2. The quantitative estimate of drug-likeness (QED) is 0.837. The first kappa shape index (κ1) is 14.7. The fourth-order valence-corrected chi connectivity index (χ4v) is 4.06. The SMILES string of the molecule is COC1CCCC1C1COCCN1Cc1ncc(C2CC2)o1. The van der Waals surface area contributed by atoms with Gasteiger partial charge >= 0.3 is 0 Å². The number of hydrogen-bond donors (Lipinski definition) is 0. The van der Waals surface area contributed by atoms with Gasteiger partial charge in [0.05, 0.1) is 32.1 Å². The van der Waals surface area contributed by atoms with Gasteiger partial charge in [-0.3, -0.25) is 4.90 Å². The van der Waals surface area contributed by atoms with Crippen LogP contribution in [0.15, 0.2) is 10.6 Å². The highest BCUT2D eigenvalue weighted by molar-refractivity contribution is 5.08. The average Bonchev–Trinajstić information content (AvgIpc) is 3.11. The fraction of sp³-hybridized carbons (Fsp3) is 0.824. The molecule has 0 amide bonds. The molecule has 1 aromatic heterocycles. The standard InChI is InChI=1S/C17H26N2O3/c1-20-15-4-2-3-13(15)14-11-21-8-7-19(14)10-17-18-9-16(22-17)12-5-6-12/h9,12-15H,2-8,10-11H2,1H3. The maximum Gasteiger partial charge on any atom is 0.208 e. The van der Waals surface area contributed by atoms with Gasteiger partial charge in [-0.2, -0.15) is 0 Å². The van der Waals surface area contributed by atoms with Gasteiger partial charge in [0.1, 0.15) is 5.76 Å². The predicted octanol–water partition coefficient (Wildman–Crippen LogP) is 2.57. The summed E-state index contributed by atoms with van der Waals surface area (Å²) in [5, 5.41) is 0. The smallest absolute Gasteiger partial charge is 0.208 e. The summed E-state index contributed by atoms with van der Waals surface area (Å²) in [6, 6.07) is 0.428. The molecule has 3 aliphatic rings. The van der Waals surface area contributed by atoms with Crippen molar-refractivity contribution in [1.29, 1.82) is 0 Å². The lowest BCUT2D eigenvalue weighted by Crippen LogP contribution is -2.50. The number of aromatic nitrogens is 1.